The fourth-order valence-electron chi connectivity index (χ4n) is 4.31. The third-order valence-corrected chi connectivity index (χ3v) is 6.48. The molecular formula is C26H32ClN5O4. The number of ether oxygens (including phenoxy) is 2. The van der Waals surface area contributed by atoms with E-state index in [9.17, 15) is 9.90 Å². The standard InChI is InChI=1S/C26H32ClN5O4/c1-5-28-26(34)25-30-29-24(19-13-18(16(2)3)23(35-4)14-22(19)33)32(25)21-7-6-17(12-20(21)27)15-31-8-10-36-11-9-31/h6-7,12-14,16,33H,5,8-11,15H2,1-4H3,(H,28,34). The van der Waals surface area contributed by atoms with Crippen LogP contribution in [0.25, 0.3) is 17.1 Å². The van der Waals surface area contributed by atoms with Crippen molar-refractivity contribution in [2.24, 2.45) is 0 Å². The fraction of sp³-hybridized carbons (Fsp3) is 0.423. The zero-order valence-electron chi connectivity index (χ0n) is 21.0. The van der Waals surface area contributed by atoms with Crippen LogP contribution in [-0.4, -0.2) is 70.6 Å². The van der Waals surface area contributed by atoms with Crippen molar-refractivity contribution in [2.75, 3.05) is 40.0 Å². The lowest BCUT2D eigenvalue weighted by molar-refractivity contribution is 0.0342. The Bertz CT molecular complexity index is 1240. The van der Waals surface area contributed by atoms with Gasteiger partial charge in [-0.2, -0.15) is 0 Å². The van der Waals surface area contributed by atoms with E-state index in [2.05, 4.69) is 20.4 Å². The highest BCUT2D eigenvalue weighted by atomic mass is 35.5. The SMILES string of the molecule is CCNC(=O)c1nnc(-c2cc(C(C)C)c(OC)cc2O)n1-c1ccc(CN2CCOCC2)cc1Cl. The predicted molar refractivity (Wildman–Crippen MR) is 138 cm³/mol. The molecule has 1 saturated heterocycles. The maximum Gasteiger partial charge on any atom is 0.289 e. The van der Waals surface area contributed by atoms with Crippen LogP contribution in [0.3, 0.4) is 0 Å². The highest BCUT2D eigenvalue weighted by Crippen LogP contribution is 2.39. The Kier molecular flexibility index (Phi) is 8.13. The van der Waals surface area contributed by atoms with Crippen molar-refractivity contribution < 1.29 is 19.4 Å². The lowest BCUT2D eigenvalue weighted by Gasteiger charge is -2.26. The van der Waals surface area contributed by atoms with Crippen molar-refractivity contribution >= 4 is 17.5 Å². The molecule has 2 aromatic carbocycles. The summed E-state index contributed by atoms with van der Waals surface area (Å²) < 4.78 is 12.5. The number of amides is 1. The second-order valence-electron chi connectivity index (χ2n) is 8.98. The van der Waals surface area contributed by atoms with E-state index in [0.29, 0.717) is 34.4 Å². The lowest BCUT2D eigenvalue weighted by atomic mass is 9.98. The maximum absolute atomic E-state index is 12.9. The van der Waals surface area contributed by atoms with Crippen LogP contribution in [0.5, 0.6) is 11.5 Å². The Labute approximate surface area is 216 Å². The van der Waals surface area contributed by atoms with Crippen molar-refractivity contribution in [2.45, 2.75) is 33.2 Å². The smallest absolute Gasteiger partial charge is 0.289 e. The number of aromatic hydroxyl groups is 1. The molecule has 1 aliphatic heterocycles. The number of aromatic nitrogens is 3. The lowest BCUT2D eigenvalue weighted by Crippen LogP contribution is -2.35. The number of methoxy groups -OCH3 is 1. The number of carbonyl (C=O) groups is 1. The molecule has 1 aromatic heterocycles. The monoisotopic (exact) mass is 513 g/mol. The highest BCUT2D eigenvalue weighted by molar-refractivity contribution is 6.32. The summed E-state index contributed by atoms with van der Waals surface area (Å²) in [6, 6.07) is 9.11. The molecule has 0 aliphatic carbocycles. The van der Waals surface area contributed by atoms with Crippen LogP contribution in [0.2, 0.25) is 5.02 Å². The molecule has 1 fully saturated rings. The molecule has 0 radical (unpaired) electrons. The molecule has 0 unspecified atom stereocenters. The number of morpholine rings is 1. The summed E-state index contributed by atoms with van der Waals surface area (Å²) in [5.41, 5.74) is 2.92. The number of phenols is 1. The molecule has 36 heavy (non-hydrogen) atoms. The molecule has 9 nitrogen and oxygen atoms in total. The average Bonchev–Trinajstić information content (AvgIpc) is 3.29. The molecule has 192 valence electrons. The summed E-state index contributed by atoms with van der Waals surface area (Å²) >= 11 is 6.79. The van der Waals surface area contributed by atoms with E-state index >= 15 is 0 Å². The highest BCUT2D eigenvalue weighted by Gasteiger charge is 2.26. The summed E-state index contributed by atoms with van der Waals surface area (Å²) in [5.74, 6) is 0.666. The average molecular weight is 514 g/mol. The molecule has 0 bridgehead atoms. The summed E-state index contributed by atoms with van der Waals surface area (Å²) in [4.78, 5) is 15.2. The summed E-state index contributed by atoms with van der Waals surface area (Å²) in [7, 11) is 1.56. The van der Waals surface area contributed by atoms with Gasteiger partial charge in [-0.1, -0.05) is 31.5 Å². The molecule has 10 heteroatoms. The van der Waals surface area contributed by atoms with Crippen LogP contribution >= 0.6 is 11.6 Å². The third kappa shape index (κ3) is 5.33. The van der Waals surface area contributed by atoms with Gasteiger partial charge in [0.05, 0.1) is 36.6 Å². The van der Waals surface area contributed by atoms with Gasteiger partial charge in [0, 0.05) is 32.2 Å². The normalized spacial score (nSPS) is 14.3. The minimum atomic E-state index is -0.387. The molecular weight excluding hydrogens is 482 g/mol. The number of nitrogens with one attached hydrogen (secondary N) is 1. The van der Waals surface area contributed by atoms with Gasteiger partial charge in [0.1, 0.15) is 11.5 Å². The van der Waals surface area contributed by atoms with Crippen molar-refractivity contribution in [1.82, 2.24) is 25.0 Å². The summed E-state index contributed by atoms with van der Waals surface area (Å²) in [5, 5.41) is 22.6. The van der Waals surface area contributed by atoms with Crippen LogP contribution in [0, 0.1) is 0 Å². The number of hydrogen-bond acceptors (Lipinski definition) is 7. The topological polar surface area (TPSA) is 102 Å². The Morgan fingerprint density at radius 2 is 1.97 bits per heavy atom. The molecule has 0 saturated carbocycles. The van der Waals surface area contributed by atoms with E-state index < -0.39 is 0 Å². The van der Waals surface area contributed by atoms with Crippen LogP contribution in [-0.2, 0) is 11.3 Å². The molecule has 0 atom stereocenters. The first-order chi connectivity index (χ1) is 17.3. The van der Waals surface area contributed by atoms with E-state index in [4.69, 9.17) is 21.1 Å². The van der Waals surface area contributed by atoms with Crippen LogP contribution in [0.1, 0.15) is 48.4 Å². The molecule has 4 rings (SSSR count). The zero-order chi connectivity index (χ0) is 25.8. The number of rotatable bonds is 8. The molecule has 0 spiro atoms. The van der Waals surface area contributed by atoms with E-state index in [1.807, 2.05) is 45.0 Å². The van der Waals surface area contributed by atoms with E-state index in [0.717, 1.165) is 44.0 Å². The van der Waals surface area contributed by atoms with Gasteiger partial charge >= 0.3 is 0 Å². The van der Waals surface area contributed by atoms with Crippen molar-refractivity contribution in [3.63, 3.8) is 0 Å². The van der Waals surface area contributed by atoms with Gasteiger partial charge in [-0.05, 0) is 42.2 Å². The summed E-state index contributed by atoms with van der Waals surface area (Å²) in [6.07, 6.45) is 0. The van der Waals surface area contributed by atoms with Crippen molar-refractivity contribution in [3.8, 4) is 28.6 Å². The first-order valence-electron chi connectivity index (χ1n) is 12.1. The van der Waals surface area contributed by atoms with Gasteiger partial charge in [0.25, 0.3) is 5.91 Å². The Morgan fingerprint density at radius 1 is 1.22 bits per heavy atom. The zero-order valence-corrected chi connectivity index (χ0v) is 21.8. The number of carbonyl (C=O) groups excluding carboxylic acids is 1. The van der Waals surface area contributed by atoms with Crippen LogP contribution in [0.4, 0.5) is 0 Å². The predicted octanol–water partition coefficient (Wildman–Crippen LogP) is 4.01. The maximum atomic E-state index is 12.9. The first-order valence-corrected chi connectivity index (χ1v) is 12.5. The third-order valence-electron chi connectivity index (χ3n) is 6.18. The van der Waals surface area contributed by atoms with E-state index in [1.54, 1.807) is 17.7 Å². The number of halogens is 1. The van der Waals surface area contributed by atoms with Crippen LogP contribution in [0.15, 0.2) is 30.3 Å². The largest absolute Gasteiger partial charge is 0.507 e. The van der Waals surface area contributed by atoms with Crippen LogP contribution < -0.4 is 10.1 Å². The Morgan fingerprint density at radius 3 is 2.61 bits per heavy atom. The number of nitrogens with zero attached hydrogens (tertiary/aromatic N) is 4. The van der Waals surface area contributed by atoms with Gasteiger partial charge in [0.15, 0.2) is 5.82 Å². The second-order valence-corrected chi connectivity index (χ2v) is 9.39. The van der Waals surface area contributed by atoms with E-state index in [-0.39, 0.29) is 23.4 Å². The fourth-order valence-corrected chi connectivity index (χ4v) is 4.60. The molecule has 1 aliphatic rings. The van der Waals surface area contributed by atoms with Gasteiger partial charge in [0.2, 0.25) is 5.82 Å². The molecule has 1 amide bonds. The number of phenolic OH excluding ortho intramolecular Hbond substituents is 1. The van der Waals surface area contributed by atoms with E-state index in [1.165, 1.54) is 0 Å². The van der Waals surface area contributed by atoms with Gasteiger partial charge in [-0.25, -0.2) is 0 Å². The van der Waals surface area contributed by atoms with Gasteiger partial charge in [-0.3, -0.25) is 14.3 Å². The molecule has 3 aromatic rings. The second kappa shape index (κ2) is 11.3. The quantitative estimate of drug-likeness (QED) is 0.469. The molecule has 2 heterocycles. The Balaban J connectivity index is 1.82. The number of benzene rings is 2. The minimum Gasteiger partial charge on any atom is -0.507 e. The first kappa shape index (κ1) is 25.9. The van der Waals surface area contributed by atoms with Crippen molar-refractivity contribution in [3.05, 3.63) is 52.3 Å². The minimum absolute atomic E-state index is 0.0348. The summed E-state index contributed by atoms with van der Waals surface area (Å²) in [6.45, 7) is 10.2. The van der Waals surface area contributed by atoms with Crippen molar-refractivity contribution in [1.29, 1.82) is 0 Å². The van der Waals surface area contributed by atoms with Gasteiger partial charge < -0.3 is 19.9 Å². The molecule has 2 N–H and O–H groups in total. The van der Waals surface area contributed by atoms with Gasteiger partial charge in [-0.15, -0.1) is 10.2 Å². The number of hydrogen-bond donors (Lipinski definition) is 2. The Hall–Kier alpha value is -3.14.